The highest BCUT2D eigenvalue weighted by atomic mass is 15.1. The number of para-hydroxylation sites is 6. The van der Waals surface area contributed by atoms with Crippen LogP contribution in [0.15, 0.2) is 340 Å². The van der Waals surface area contributed by atoms with E-state index in [-0.39, 0.29) is 5.41 Å². The fourth-order valence-corrected chi connectivity index (χ4v) is 15.9. The number of hydrogen-bond acceptors (Lipinski definition) is 1. The molecule has 15 aromatic carbocycles. The minimum atomic E-state index is -0.303. The summed E-state index contributed by atoms with van der Waals surface area (Å²) < 4.78 is 7.18. The summed E-state index contributed by atoms with van der Waals surface area (Å²) in [5.74, 6) is 0. The predicted molar refractivity (Wildman–Crippen MR) is 401 cm³/mol. The van der Waals surface area contributed by atoms with Gasteiger partial charge in [0.1, 0.15) is 0 Å². The third kappa shape index (κ3) is 8.61. The molecule has 3 aromatic heterocycles. The maximum Gasteiger partial charge on any atom is 0.0547 e. The monoisotopic (exact) mass is 1210 g/mol. The van der Waals surface area contributed by atoms with Gasteiger partial charge in [0.2, 0.25) is 0 Å². The number of fused-ring (bicyclic) bond motifs is 13. The van der Waals surface area contributed by atoms with Crippen LogP contribution in [-0.4, -0.2) is 13.7 Å². The third-order valence-electron chi connectivity index (χ3n) is 20.4. The summed E-state index contributed by atoms with van der Waals surface area (Å²) in [4.78, 5) is 2.49. The van der Waals surface area contributed by atoms with Crippen molar-refractivity contribution in [1.82, 2.24) is 13.7 Å². The van der Waals surface area contributed by atoms with Crippen LogP contribution in [0.1, 0.15) is 25.0 Å². The van der Waals surface area contributed by atoms with E-state index >= 15 is 0 Å². The predicted octanol–water partition coefficient (Wildman–Crippen LogP) is 24.6. The van der Waals surface area contributed by atoms with Gasteiger partial charge in [-0.2, -0.15) is 0 Å². The van der Waals surface area contributed by atoms with E-state index in [1.807, 2.05) is 0 Å². The Morgan fingerprint density at radius 1 is 0.221 bits per heavy atom. The first-order valence-electron chi connectivity index (χ1n) is 33.0. The number of anilines is 3. The van der Waals surface area contributed by atoms with Gasteiger partial charge < -0.3 is 18.6 Å². The standard InChI is InChI=1S/C91H62N4/c1-91(2)82-56-63(64-41-48-79-76-28-14-17-31-84(76)95(90(79)57-64)68-24-10-5-11-25-68)40-47-73(82)74-49-46-70(58-83(74)91)92(87-53-50-71(72-26-12-13-27-75(72)87)65-43-52-89-81(55-65)78-30-16-19-33-86(78)94(89)67-22-8-4-9-23-67)69-44-38-60(39-45-69)59-34-36-61(37-35-59)62-42-51-88-80(54-62)77-29-15-18-32-85(77)93(88)66-20-6-3-7-21-66/h3-58H,1-2H3. The molecule has 0 bridgehead atoms. The van der Waals surface area contributed by atoms with Crippen molar-refractivity contribution in [2.45, 2.75) is 19.3 Å². The first-order valence-corrected chi connectivity index (χ1v) is 33.0. The Morgan fingerprint density at radius 2 is 0.579 bits per heavy atom. The molecule has 0 radical (unpaired) electrons. The van der Waals surface area contributed by atoms with Crippen LogP contribution in [0.3, 0.4) is 0 Å². The van der Waals surface area contributed by atoms with Gasteiger partial charge in [-0.1, -0.05) is 232 Å². The summed E-state index contributed by atoms with van der Waals surface area (Å²) in [5.41, 5.74) is 28.4. The number of nitrogens with zero attached hydrogens (tertiary/aromatic N) is 4. The third-order valence-corrected chi connectivity index (χ3v) is 20.4. The van der Waals surface area contributed by atoms with E-state index in [0.29, 0.717) is 0 Å². The zero-order valence-corrected chi connectivity index (χ0v) is 52.6. The molecule has 0 N–H and O–H groups in total. The molecule has 0 amide bonds. The van der Waals surface area contributed by atoms with Crippen LogP contribution in [0.25, 0.3) is 149 Å². The molecule has 446 valence electrons. The number of benzene rings is 15. The lowest BCUT2D eigenvalue weighted by atomic mass is 9.81. The molecule has 0 fully saturated rings. The maximum atomic E-state index is 2.49. The minimum absolute atomic E-state index is 0.303. The smallest absolute Gasteiger partial charge is 0.0547 e. The van der Waals surface area contributed by atoms with Crippen LogP contribution in [0.2, 0.25) is 0 Å². The van der Waals surface area contributed by atoms with Gasteiger partial charge >= 0.3 is 0 Å². The Bertz CT molecular complexity index is 6090. The molecule has 0 atom stereocenters. The van der Waals surface area contributed by atoms with E-state index in [9.17, 15) is 0 Å². The minimum Gasteiger partial charge on any atom is -0.310 e. The second-order valence-electron chi connectivity index (χ2n) is 26.0. The molecule has 0 unspecified atom stereocenters. The van der Waals surface area contributed by atoms with E-state index in [1.165, 1.54) is 137 Å². The highest BCUT2D eigenvalue weighted by Crippen LogP contribution is 2.53. The van der Waals surface area contributed by atoms with Crippen molar-refractivity contribution in [2.24, 2.45) is 0 Å². The van der Waals surface area contributed by atoms with Crippen molar-refractivity contribution in [3.8, 4) is 72.7 Å². The van der Waals surface area contributed by atoms with Crippen LogP contribution < -0.4 is 4.90 Å². The van der Waals surface area contributed by atoms with E-state index < -0.39 is 0 Å². The molecular weight excluding hydrogens is 1150 g/mol. The van der Waals surface area contributed by atoms with Gasteiger partial charge in [0.05, 0.1) is 38.8 Å². The summed E-state index contributed by atoms with van der Waals surface area (Å²) in [5, 5.41) is 9.86. The van der Waals surface area contributed by atoms with Crippen molar-refractivity contribution in [1.29, 1.82) is 0 Å². The molecule has 95 heavy (non-hydrogen) atoms. The highest BCUT2D eigenvalue weighted by Gasteiger charge is 2.37. The summed E-state index contributed by atoms with van der Waals surface area (Å²) in [6, 6.07) is 126. The quantitative estimate of drug-likeness (QED) is 0.133. The van der Waals surface area contributed by atoms with Crippen molar-refractivity contribution in [2.75, 3.05) is 4.90 Å². The normalized spacial score (nSPS) is 12.6. The average molecular weight is 1210 g/mol. The fraction of sp³-hybridized carbons (Fsp3) is 0.0330. The fourth-order valence-electron chi connectivity index (χ4n) is 15.9. The Morgan fingerprint density at radius 3 is 1.16 bits per heavy atom. The molecule has 4 heteroatoms. The second-order valence-corrected chi connectivity index (χ2v) is 26.0. The Kier molecular flexibility index (Phi) is 12.3. The molecule has 0 spiro atoms. The lowest BCUT2D eigenvalue weighted by molar-refractivity contribution is 0.660. The topological polar surface area (TPSA) is 18.0 Å². The van der Waals surface area contributed by atoms with Gasteiger partial charge in [-0.05, 0) is 193 Å². The molecule has 1 aliphatic rings. The zero-order chi connectivity index (χ0) is 62.9. The molecule has 0 saturated carbocycles. The van der Waals surface area contributed by atoms with Gasteiger partial charge in [0, 0.05) is 71.6 Å². The largest absolute Gasteiger partial charge is 0.310 e. The summed E-state index contributed by atoms with van der Waals surface area (Å²) in [7, 11) is 0. The lowest BCUT2D eigenvalue weighted by Crippen LogP contribution is -2.17. The van der Waals surface area contributed by atoms with Gasteiger partial charge in [-0.15, -0.1) is 0 Å². The Balaban J connectivity index is 0.711. The number of rotatable bonds is 10. The van der Waals surface area contributed by atoms with E-state index in [2.05, 4.69) is 372 Å². The molecular formula is C91H62N4. The van der Waals surface area contributed by atoms with E-state index in [1.54, 1.807) is 0 Å². The number of aromatic nitrogens is 3. The first-order chi connectivity index (χ1) is 46.9. The van der Waals surface area contributed by atoms with Gasteiger partial charge in [-0.3, -0.25) is 0 Å². The van der Waals surface area contributed by atoms with E-state index in [0.717, 1.165) is 39.7 Å². The molecule has 1 aliphatic carbocycles. The SMILES string of the molecule is CC1(C)c2cc(-c3ccc4c5ccccc5n(-c5ccccc5)c4c3)ccc2-c2ccc(N(c3ccc(-c4ccc(-c5ccc6c(c5)c5ccccc5n6-c5ccccc5)cc4)cc3)c3ccc(-c4ccc5c(c4)c4ccccc4n5-c4ccccc4)c4ccccc34)cc21. The Hall–Kier alpha value is -12.2. The van der Waals surface area contributed by atoms with Crippen molar-refractivity contribution in [3.05, 3.63) is 351 Å². The summed E-state index contributed by atoms with van der Waals surface area (Å²) in [6.07, 6.45) is 0. The molecule has 0 aliphatic heterocycles. The zero-order valence-electron chi connectivity index (χ0n) is 52.6. The number of hydrogen-bond donors (Lipinski definition) is 0. The van der Waals surface area contributed by atoms with E-state index in [4.69, 9.17) is 0 Å². The van der Waals surface area contributed by atoms with Crippen LogP contribution in [0.4, 0.5) is 17.1 Å². The summed E-state index contributed by atoms with van der Waals surface area (Å²) >= 11 is 0. The maximum absolute atomic E-state index is 2.49. The van der Waals surface area contributed by atoms with Crippen LogP contribution in [0.5, 0.6) is 0 Å². The van der Waals surface area contributed by atoms with Gasteiger partial charge in [0.15, 0.2) is 0 Å². The molecule has 0 saturated heterocycles. The van der Waals surface area contributed by atoms with Crippen LogP contribution >= 0.6 is 0 Å². The molecule has 4 nitrogen and oxygen atoms in total. The molecule has 3 heterocycles. The van der Waals surface area contributed by atoms with Gasteiger partial charge in [-0.25, -0.2) is 0 Å². The highest BCUT2D eigenvalue weighted by molar-refractivity contribution is 6.14. The van der Waals surface area contributed by atoms with Crippen molar-refractivity contribution < 1.29 is 0 Å². The summed E-state index contributed by atoms with van der Waals surface area (Å²) in [6.45, 7) is 4.82. The first kappa shape index (κ1) is 54.5. The van der Waals surface area contributed by atoms with Gasteiger partial charge in [0.25, 0.3) is 0 Å². The average Bonchev–Trinajstić information content (AvgIpc) is 1.61. The molecule has 18 aromatic rings. The van der Waals surface area contributed by atoms with Crippen molar-refractivity contribution >= 4 is 93.3 Å². The second kappa shape index (κ2) is 21.4. The van der Waals surface area contributed by atoms with Crippen LogP contribution in [-0.2, 0) is 5.41 Å². The molecule has 19 rings (SSSR count). The lowest BCUT2D eigenvalue weighted by Gasteiger charge is -2.29. The van der Waals surface area contributed by atoms with Crippen LogP contribution in [0, 0.1) is 0 Å². The Labute approximate surface area is 551 Å². The van der Waals surface area contributed by atoms with Crippen molar-refractivity contribution in [3.63, 3.8) is 0 Å².